The molecule has 144 valence electrons. The number of hydrogen-bond donors (Lipinski definition) is 2. The number of aliphatic hydroxyl groups is 1. The molecule has 1 fully saturated rings. The van der Waals surface area contributed by atoms with Crippen LogP contribution in [0.1, 0.15) is 44.1 Å². The highest BCUT2D eigenvalue weighted by Gasteiger charge is 2.34. The molecule has 0 aromatic heterocycles. The van der Waals surface area contributed by atoms with Gasteiger partial charge in [-0.2, -0.15) is 0 Å². The van der Waals surface area contributed by atoms with E-state index >= 15 is 0 Å². The van der Waals surface area contributed by atoms with Crippen molar-refractivity contribution >= 4 is 17.5 Å². The molecule has 3 rings (SSSR count). The second-order valence-corrected chi connectivity index (χ2v) is 7.58. The van der Waals surface area contributed by atoms with Crippen molar-refractivity contribution in [2.24, 2.45) is 0 Å². The lowest BCUT2D eigenvalue weighted by atomic mass is 9.78. The van der Waals surface area contributed by atoms with Gasteiger partial charge in [-0.05, 0) is 61.9 Å². The molecular formula is C22H26ClNO3. The average Bonchev–Trinajstić information content (AvgIpc) is 2.69. The molecule has 0 radical (unpaired) electrons. The first-order valence-electron chi connectivity index (χ1n) is 9.51. The maximum absolute atomic E-state index is 12.2. The molecule has 0 atom stereocenters. The maximum Gasteiger partial charge on any atom is 0.220 e. The van der Waals surface area contributed by atoms with Gasteiger partial charge in [-0.15, -0.1) is 0 Å². The first-order chi connectivity index (χ1) is 13.0. The van der Waals surface area contributed by atoms with Crippen LogP contribution in [-0.2, 0) is 10.4 Å². The summed E-state index contributed by atoms with van der Waals surface area (Å²) in [5.41, 5.74) is 0.198. The van der Waals surface area contributed by atoms with Crippen LogP contribution in [0.4, 0.5) is 0 Å². The van der Waals surface area contributed by atoms with Gasteiger partial charge in [0.05, 0.1) is 12.2 Å². The van der Waals surface area contributed by atoms with Gasteiger partial charge in [-0.1, -0.05) is 41.9 Å². The summed E-state index contributed by atoms with van der Waals surface area (Å²) >= 11 is 5.84. The third kappa shape index (κ3) is 5.72. The highest BCUT2D eigenvalue weighted by atomic mass is 35.5. The van der Waals surface area contributed by atoms with Crippen LogP contribution in [0.5, 0.6) is 5.75 Å². The first kappa shape index (κ1) is 19.7. The highest BCUT2D eigenvalue weighted by Crippen LogP contribution is 2.36. The average molecular weight is 388 g/mol. The summed E-state index contributed by atoms with van der Waals surface area (Å²) in [6.07, 6.45) is 4.02. The maximum atomic E-state index is 12.2. The topological polar surface area (TPSA) is 58.6 Å². The van der Waals surface area contributed by atoms with Gasteiger partial charge in [0.1, 0.15) is 5.75 Å². The third-order valence-electron chi connectivity index (χ3n) is 5.12. The molecule has 2 N–H and O–H groups in total. The number of carbonyl (C=O) groups excluding carboxylic acids is 1. The fourth-order valence-electron chi connectivity index (χ4n) is 3.53. The summed E-state index contributed by atoms with van der Waals surface area (Å²) < 4.78 is 5.61. The van der Waals surface area contributed by atoms with E-state index in [1.165, 1.54) is 0 Å². The van der Waals surface area contributed by atoms with Crippen molar-refractivity contribution in [3.8, 4) is 5.75 Å². The van der Waals surface area contributed by atoms with Crippen LogP contribution in [0.15, 0.2) is 54.6 Å². The highest BCUT2D eigenvalue weighted by molar-refractivity contribution is 6.30. The van der Waals surface area contributed by atoms with Crippen molar-refractivity contribution < 1.29 is 14.6 Å². The molecule has 4 nitrogen and oxygen atoms in total. The van der Waals surface area contributed by atoms with Gasteiger partial charge in [-0.25, -0.2) is 0 Å². The quantitative estimate of drug-likeness (QED) is 0.690. The van der Waals surface area contributed by atoms with Crippen LogP contribution in [0, 0.1) is 0 Å². The van der Waals surface area contributed by atoms with E-state index in [4.69, 9.17) is 16.3 Å². The summed E-state index contributed by atoms with van der Waals surface area (Å²) in [6, 6.07) is 17.1. The molecule has 1 saturated carbocycles. The van der Waals surface area contributed by atoms with Crippen molar-refractivity contribution in [3.63, 3.8) is 0 Å². The van der Waals surface area contributed by atoms with Crippen LogP contribution in [-0.4, -0.2) is 23.7 Å². The summed E-state index contributed by atoms with van der Waals surface area (Å²) in [6.45, 7) is 0.494. The number of amides is 1. The minimum absolute atomic E-state index is 0.0462. The number of benzene rings is 2. The normalized spacial score (nSPS) is 22.2. The van der Waals surface area contributed by atoms with E-state index in [1.807, 2.05) is 42.5 Å². The van der Waals surface area contributed by atoms with Gasteiger partial charge in [0.15, 0.2) is 0 Å². The minimum atomic E-state index is -0.769. The molecule has 0 spiro atoms. The van der Waals surface area contributed by atoms with E-state index in [1.54, 1.807) is 12.1 Å². The number of rotatable bonds is 7. The van der Waals surface area contributed by atoms with E-state index in [2.05, 4.69) is 5.32 Å². The van der Waals surface area contributed by atoms with Crippen LogP contribution in [0.25, 0.3) is 0 Å². The summed E-state index contributed by atoms with van der Waals surface area (Å²) in [4.78, 5) is 12.2. The van der Waals surface area contributed by atoms with Gasteiger partial charge in [0.2, 0.25) is 5.91 Å². The molecule has 2 aromatic carbocycles. The molecule has 5 heteroatoms. The van der Waals surface area contributed by atoms with Crippen molar-refractivity contribution in [2.75, 3.05) is 6.61 Å². The van der Waals surface area contributed by atoms with Gasteiger partial charge in [-0.3, -0.25) is 4.79 Å². The Morgan fingerprint density at radius 3 is 2.44 bits per heavy atom. The van der Waals surface area contributed by atoms with Gasteiger partial charge in [0, 0.05) is 17.5 Å². The molecule has 1 aliphatic carbocycles. The fourth-order valence-corrected chi connectivity index (χ4v) is 3.66. The van der Waals surface area contributed by atoms with E-state index in [0.717, 1.165) is 24.2 Å². The number of ether oxygens (including phenoxy) is 1. The van der Waals surface area contributed by atoms with Gasteiger partial charge < -0.3 is 15.2 Å². The summed E-state index contributed by atoms with van der Waals surface area (Å²) in [5, 5.41) is 14.6. The van der Waals surface area contributed by atoms with E-state index in [9.17, 15) is 9.90 Å². The van der Waals surface area contributed by atoms with Crippen molar-refractivity contribution in [1.29, 1.82) is 0 Å². The Morgan fingerprint density at radius 1 is 1.11 bits per heavy atom. The molecule has 0 aliphatic heterocycles. The zero-order chi connectivity index (χ0) is 19.1. The Labute approximate surface area is 165 Å². The fraction of sp³-hybridized carbons (Fsp3) is 0.409. The molecule has 0 unspecified atom stereocenters. The van der Waals surface area contributed by atoms with E-state index < -0.39 is 5.60 Å². The van der Waals surface area contributed by atoms with Crippen molar-refractivity contribution in [3.05, 3.63) is 65.2 Å². The van der Waals surface area contributed by atoms with Crippen molar-refractivity contribution in [1.82, 2.24) is 5.32 Å². The predicted molar refractivity (Wildman–Crippen MR) is 107 cm³/mol. The smallest absolute Gasteiger partial charge is 0.220 e. The third-order valence-corrected chi connectivity index (χ3v) is 5.37. The molecular weight excluding hydrogens is 362 g/mol. The first-order valence-corrected chi connectivity index (χ1v) is 9.89. The Hall–Kier alpha value is -2.04. The van der Waals surface area contributed by atoms with Gasteiger partial charge in [0.25, 0.3) is 0 Å². The SMILES string of the molecule is O=C(CCCOc1ccc(Cl)cc1)NC1CCC(O)(c2ccccc2)CC1. The lowest BCUT2D eigenvalue weighted by molar-refractivity contribution is -0.122. The van der Waals surface area contributed by atoms with Crippen LogP contribution < -0.4 is 10.1 Å². The van der Waals surface area contributed by atoms with Gasteiger partial charge >= 0.3 is 0 Å². The van der Waals surface area contributed by atoms with Crippen LogP contribution >= 0.6 is 11.6 Å². The second kappa shape index (κ2) is 9.25. The number of nitrogens with one attached hydrogen (secondary N) is 1. The lowest BCUT2D eigenvalue weighted by Gasteiger charge is -2.36. The predicted octanol–water partition coefficient (Wildman–Crippen LogP) is 4.45. The van der Waals surface area contributed by atoms with Crippen LogP contribution in [0.2, 0.25) is 5.02 Å². The van der Waals surface area contributed by atoms with E-state index in [-0.39, 0.29) is 11.9 Å². The standard InChI is InChI=1S/C22H26ClNO3/c23-18-8-10-20(11-9-18)27-16-4-7-21(25)24-19-12-14-22(26,15-13-19)17-5-2-1-3-6-17/h1-3,5-6,8-11,19,26H,4,7,12-16H2,(H,24,25). The summed E-state index contributed by atoms with van der Waals surface area (Å²) in [5.74, 6) is 0.803. The largest absolute Gasteiger partial charge is 0.494 e. The molecule has 0 heterocycles. The minimum Gasteiger partial charge on any atom is -0.494 e. The number of hydrogen-bond acceptors (Lipinski definition) is 3. The molecule has 27 heavy (non-hydrogen) atoms. The Kier molecular flexibility index (Phi) is 6.75. The molecule has 0 saturated heterocycles. The molecule has 0 bridgehead atoms. The Balaban J connectivity index is 1.35. The zero-order valence-corrected chi connectivity index (χ0v) is 16.1. The molecule has 2 aromatic rings. The van der Waals surface area contributed by atoms with Crippen LogP contribution in [0.3, 0.4) is 0 Å². The molecule has 1 aliphatic rings. The lowest BCUT2D eigenvalue weighted by Crippen LogP contribution is -2.42. The Bertz CT molecular complexity index is 725. The van der Waals surface area contributed by atoms with Crippen molar-refractivity contribution in [2.45, 2.75) is 50.2 Å². The number of carbonyl (C=O) groups is 1. The summed E-state index contributed by atoms with van der Waals surface area (Å²) in [7, 11) is 0. The second-order valence-electron chi connectivity index (χ2n) is 7.15. The zero-order valence-electron chi connectivity index (χ0n) is 15.4. The Morgan fingerprint density at radius 2 is 1.78 bits per heavy atom. The number of halogens is 1. The van der Waals surface area contributed by atoms with E-state index in [0.29, 0.717) is 37.3 Å². The monoisotopic (exact) mass is 387 g/mol. The molecule has 1 amide bonds.